The van der Waals surface area contributed by atoms with E-state index >= 15 is 0 Å². The van der Waals surface area contributed by atoms with Crippen LogP contribution in [0, 0.1) is 5.41 Å². The van der Waals surface area contributed by atoms with Gasteiger partial charge >= 0.3 is 18.0 Å². The largest absolute Gasteiger partial charge is 0.465 e. The number of likely N-dealkylation sites (N-methyl/N-ethyl adjacent to an activating group) is 1. The normalized spacial score (nSPS) is 9.85. The van der Waals surface area contributed by atoms with Crippen molar-refractivity contribution in [3.05, 3.63) is 35.9 Å². The standard InChI is InChI=1S/C18H25N3O6/c1-3-25-16(23)13-21(2)17(19)20-18(24)27-12-11-26-15(22)10-9-14-7-5-4-6-8-14/h4-8H,3,9-13H2,1-2H3,(H2,19,20,24). The summed E-state index contributed by atoms with van der Waals surface area (Å²) in [5.74, 6) is -1.21. The van der Waals surface area contributed by atoms with Crippen LogP contribution in [-0.4, -0.2) is 62.3 Å². The Morgan fingerprint density at radius 3 is 2.37 bits per heavy atom. The molecular formula is C18H25N3O6. The molecule has 1 amide bonds. The Hall–Kier alpha value is -3.10. The number of alkyl carbamates (subject to hydrolysis) is 1. The van der Waals surface area contributed by atoms with Gasteiger partial charge in [0.05, 0.1) is 6.61 Å². The zero-order valence-electron chi connectivity index (χ0n) is 15.5. The van der Waals surface area contributed by atoms with E-state index in [0.717, 1.165) is 5.56 Å². The molecule has 0 aliphatic heterocycles. The molecule has 1 rings (SSSR count). The highest BCUT2D eigenvalue weighted by atomic mass is 16.6. The molecule has 0 aliphatic rings. The summed E-state index contributed by atoms with van der Waals surface area (Å²) < 4.78 is 14.5. The Morgan fingerprint density at radius 2 is 1.70 bits per heavy atom. The predicted molar refractivity (Wildman–Crippen MR) is 97.2 cm³/mol. The van der Waals surface area contributed by atoms with Gasteiger partial charge in [-0.3, -0.25) is 20.3 Å². The predicted octanol–water partition coefficient (Wildman–Crippen LogP) is 1.32. The number of hydrogen-bond donors (Lipinski definition) is 2. The summed E-state index contributed by atoms with van der Waals surface area (Å²) in [6, 6.07) is 9.55. The second kappa shape index (κ2) is 12.3. The van der Waals surface area contributed by atoms with E-state index in [9.17, 15) is 14.4 Å². The number of carbonyl (C=O) groups excluding carboxylic acids is 3. The van der Waals surface area contributed by atoms with Crippen LogP contribution < -0.4 is 5.32 Å². The second-order valence-corrected chi connectivity index (χ2v) is 5.48. The van der Waals surface area contributed by atoms with Crippen molar-refractivity contribution < 1.29 is 28.6 Å². The number of benzene rings is 1. The van der Waals surface area contributed by atoms with E-state index in [1.165, 1.54) is 11.9 Å². The van der Waals surface area contributed by atoms with Crippen molar-refractivity contribution in [1.29, 1.82) is 5.41 Å². The molecule has 1 aromatic rings. The van der Waals surface area contributed by atoms with Crippen molar-refractivity contribution >= 4 is 24.0 Å². The Labute approximate surface area is 158 Å². The third-order valence-corrected chi connectivity index (χ3v) is 3.31. The van der Waals surface area contributed by atoms with E-state index in [1.54, 1.807) is 6.92 Å². The lowest BCUT2D eigenvalue weighted by atomic mass is 10.1. The minimum atomic E-state index is -0.879. The number of hydrogen-bond acceptors (Lipinski definition) is 7. The van der Waals surface area contributed by atoms with Gasteiger partial charge in [0, 0.05) is 13.5 Å². The number of carbonyl (C=O) groups is 3. The van der Waals surface area contributed by atoms with Crippen molar-refractivity contribution in [1.82, 2.24) is 10.2 Å². The lowest BCUT2D eigenvalue weighted by molar-refractivity contribution is -0.145. The Kier molecular flexibility index (Phi) is 9.98. The molecule has 0 saturated carbocycles. The molecule has 148 valence electrons. The van der Waals surface area contributed by atoms with Crippen molar-refractivity contribution in [2.75, 3.05) is 33.4 Å². The molecule has 0 radical (unpaired) electrons. The fraction of sp³-hybridized carbons (Fsp3) is 0.444. The number of guanidine groups is 1. The van der Waals surface area contributed by atoms with Gasteiger partial charge in [-0.15, -0.1) is 0 Å². The van der Waals surface area contributed by atoms with Crippen molar-refractivity contribution in [3.8, 4) is 0 Å². The first-order chi connectivity index (χ1) is 12.9. The van der Waals surface area contributed by atoms with Crippen LogP contribution in [0.25, 0.3) is 0 Å². The average molecular weight is 379 g/mol. The first kappa shape index (κ1) is 21.9. The highest BCUT2D eigenvalue weighted by molar-refractivity contribution is 5.93. The van der Waals surface area contributed by atoms with E-state index in [0.29, 0.717) is 6.42 Å². The lowest BCUT2D eigenvalue weighted by Gasteiger charge is -2.18. The minimum absolute atomic E-state index is 0.0763. The van der Waals surface area contributed by atoms with E-state index in [1.807, 2.05) is 30.3 Å². The summed E-state index contributed by atoms with van der Waals surface area (Å²) >= 11 is 0. The maximum absolute atomic E-state index is 11.6. The number of aryl methyl sites for hydroxylation is 1. The molecule has 27 heavy (non-hydrogen) atoms. The van der Waals surface area contributed by atoms with Gasteiger partial charge in [0.2, 0.25) is 5.96 Å². The number of nitrogens with one attached hydrogen (secondary N) is 2. The van der Waals surface area contributed by atoms with Crippen LogP contribution in [0.5, 0.6) is 0 Å². The van der Waals surface area contributed by atoms with Gasteiger partial charge in [-0.1, -0.05) is 30.3 Å². The van der Waals surface area contributed by atoms with Crippen molar-refractivity contribution in [3.63, 3.8) is 0 Å². The van der Waals surface area contributed by atoms with E-state index in [-0.39, 0.29) is 44.7 Å². The van der Waals surface area contributed by atoms with Crippen molar-refractivity contribution in [2.24, 2.45) is 0 Å². The van der Waals surface area contributed by atoms with Crippen LogP contribution >= 0.6 is 0 Å². The molecule has 0 aromatic heterocycles. The molecule has 2 N–H and O–H groups in total. The van der Waals surface area contributed by atoms with Gasteiger partial charge in [-0.2, -0.15) is 0 Å². The maximum atomic E-state index is 11.6. The lowest BCUT2D eigenvalue weighted by Crippen LogP contribution is -2.44. The Balaban J connectivity index is 2.14. The highest BCUT2D eigenvalue weighted by Crippen LogP contribution is 2.03. The number of nitrogens with zero attached hydrogens (tertiary/aromatic N) is 1. The number of esters is 2. The topological polar surface area (TPSA) is 118 Å². The molecule has 0 unspecified atom stereocenters. The Bertz CT molecular complexity index is 635. The molecule has 0 aliphatic carbocycles. The zero-order valence-corrected chi connectivity index (χ0v) is 15.5. The van der Waals surface area contributed by atoms with Gasteiger partial charge in [0.15, 0.2) is 0 Å². The monoisotopic (exact) mass is 379 g/mol. The first-order valence-corrected chi connectivity index (χ1v) is 8.51. The van der Waals surface area contributed by atoms with Gasteiger partial charge in [-0.25, -0.2) is 4.79 Å². The van der Waals surface area contributed by atoms with Crippen LogP contribution in [0.2, 0.25) is 0 Å². The summed E-state index contributed by atoms with van der Waals surface area (Å²) in [7, 11) is 1.45. The van der Waals surface area contributed by atoms with Crippen LogP contribution in [0.4, 0.5) is 4.79 Å². The third-order valence-electron chi connectivity index (χ3n) is 3.31. The molecule has 0 fully saturated rings. The number of ether oxygens (including phenoxy) is 3. The van der Waals surface area contributed by atoms with E-state index in [4.69, 9.17) is 19.6 Å². The van der Waals surface area contributed by atoms with Crippen LogP contribution in [0.1, 0.15) is 18.9 Å². The average Bonchev–Trinajstić information content (AvgIpc) is 2.64. The number of rotatable bonds is 9. The van der Waals surface area contributed by atoms with Gasteiger partial charge in [0.25, 0.3) is 0 Å². The molecule has 0 saturated heterocycles. The molecule has 9 nitrogen and oxygen atoms in total. The molecule has 9 heteroatoms. The van der Waals surface area contributed by atoms with Crippen LogP contribution in [-0.2, 0) is 30.2 Å². The van der Waals surface area contributed by atoms with Crippen LogP contribution in [0.15, 0.2) is 30.3 Å². The molecule has 0 spiro atoms. The smallest absolute Gasteiger partial charge is 0.414 e. The maximum Gasteiger partial charge on any atom is 0.414 e. The van der Waals surface area contributed by atoms with Gasteiger partial charge in [0.1, 0.15) is 19.8 Å². The zero-order chi connectivity index (χ0) is 20.1. The van der Waals surface area contributed by atoms with Crippen LogP contribution in [0.3, 0.4) is 0 Å². The fourth-order valence-corrected chi connectivity index (χ4v) is 1.96. The molecule has 0 bridgehead atoms. The molecule has 1 aromatic carbocycles. The summed E-state index contributed by atoms with van der Waals surface area (Å²) in [6.07, 6.45) is -0.0687. The summed E-state index contributed by atoms with van der Waals surface area (Å²) in [5.41, 5.74) is 1.04. The van der Waals surface area contributed by atoms with Gasteiger partial charge in [-0.05, 0) is 18.9 Å². The summed E-state index contributed by atoms with van der Waals surface area (Å²) in [6.45, 7) is 1.52. The van der Waals surface area contributed by atoms with Crippen molar-refractivity contribution in [2.45, 2.75) is 19.8 Å². The quantitative estimate of drug-likeness (QED) is 0.218. The van der Waals surface area contributed by atoms with E-state index < -0.39 is 12.1 Å². The van der Waals surface area contributed by atoms with E-state index in [2.05, 4.69) is 5.32 Å². The third kappa shape index (κ3) is 9.83. The molecular weight excluding hydrogens is 354 g/mol. The number of amides is 1. The first-order valence-electron chi connectivity index (χ1n) is 8.51. The van der Waals surface area contributed by atoms with Gasteiger partial charge < -0.3 is 19.1 Å². The molecule has 0 heterocycles. The minimum Gasteiger partial charge on any atom is -0.465 e. The summed E-state index contributed by atoms with van der Waals surface area (Å²) in [4.78, 5) is 35.7. The second-order valence-electron chi connectivity index (χ2n) is 5.48. The SMILES string of the molecule is CCOC(=O)CN(C)C(=N)NC(=O)OCCOC(=O)CCc1ccccc1. The summed E-state index contributed by atoms with van der Waals surface area (Å²) in [5, 5.41) is 9.82. The highest BCUT2D eigenvalue weighted by Gasteiger charge is 2.14. The fourth-order valence-electron chi connectivity index (χ4n) is 1.96. The molecule has 0 atom stereocenters. The Morgan fingerprint density at radius 1 is 1.04 bits per heavy atom.